The number of hydrogen-bond donors (Lipinski definition) is 1. The molecule has 1 atom stereocenters. The number of nitrogens with zero attached hydrogens (tertiary/aromatic N) is 1. The van der Waals surface area contributed by atoms with E-state index in [0.717, 1.165) is 37.1 Å². The number of carboxylic acids is 1. The summed E-state index contributed by atoms with van der Waals surface area (Å²) in [6, 6.07) is 7.84. The van der Waals surface area contributed by atoms with Gasteiger partial charge in [0.1, 0.15) is 5.75 Å². The Morgan fingerprint density at radius 2 is 2.13 bits per heavy atom. The van der Waals surface area contributed by atoms with Gasteiger partial charge in [-0.25, -0.2) is 0 Å². The minimum absolute atomic E-state index is 0.0812. The molecule has 1 heterocycles. The number of ether oxygens (including phenoxy) is 1. The lowest BCUT2D eigenvalue weighted by molar-refractivity contribution is -0.140. The van der Waals surface area contributed by atoms with Crippen LogP contribution in [0.5, 0.6) is 5.75 Å². The lowest BCUT2D eigenvalue weighted by atomic mass is 9.97. The van der Waals surface area contributed by atoms with Crippen molar-refractivity contribution in [1.82, 2.24) is 4.90 Å². The fraction of sp³-hybridized carbons (Fsp3) is 0.556. The van der Waals surface area contributed by atoms with E-state index in [1.54, 1.807) is 7.11 Å². The number of carbonyl (C=O) groups is 2. The van der Waals surface area contributed by atoms with Gasteiger partial charge < -0.3 is 14.7 Å². The van der Waals surface area contributed by atoms with Crippen molar-refractivity contribution in [2.24, 2.45) is 0 Å². The summed E-state index contributed by atoms with van der Waals surface area (Å²) >= 11 is 0. The lowest BCUT2D eigenvalue weighted by Gasteiger charge is -2.35. The number of hydrogen-bond acceptors (Lipinski definition) is 3. The molecule has 0 saturated carbocycles. The Bertz CT molecular complexity index is 544. The second-order valence-corrected chi connectivity index (χ2v) is 6.02. The molecule has 1 aliphatic rings. The van der Waals surface area contributed by atoms with Gasteiger partial charge in [-0.1, -0.05) is 12.1 Å². The van der Waals surface area contributed by atoms with Crippen LogP contribution in [-0.4, -0.2) is 41.6 Å². The molecule has 0 bridgehead atoms. The normalized spacial score (nSPS) is 17.8. The first kappa shape index (κ1) is 17.3. The van der Waals surface area contributed by atoms with E-state index in [0.29, 0.717) is 19.3 Å². The molecule has 1 aliphatic heterocycles. The van der Waals surface area contributed by atoms with Gasteiger partial charge >= 0.3 is 5.97 Å². The number of piperidine rings is 1. The van der Waals surface area contributed by atoms with Crippen LogP contribution in [0.4, 0.5) is 0 Å². The molecule has 1 aromatic carbocycles. The zero-order chi connectivity index (χ0) is 16.7. The highest BCUT2D eigenvalue weighted by Gasteiger charge is 2.26. The number of aliphatic carboxylic acids is 1. The molecule has 5 nitrogen and oxygen atoms in total. The molecule has 2 rings (SSSR count). The summed E-state index contributed by atoms with van der Waals surface area (Å²) in [6.45, 7) is 0.751. The van der Waals surface area contributed by atoms with Gasteiger partial charge in [0.25, 0.3) is 0 Å². The van der Waals surface area contributed by atoms with Gasteiger partial charge in [0.15, 0.2) is 0 Å². The van der Waals surface area contributed by atoms with Crippen molar-refractivity contribution < 1.29 is 19.4 Å². The van der Waals surface area contributed by atoms with E-state index in [4.69, 9.17) is 9.84 Å². The number of rotatable bonds is 7. The van der Waals surface area contributed by atoms with E-state index in [1.165, 1.54) is 0 Å². The molecule has 126 valence electrons. The van der Waals surface area contributed by atoms with E-state index in [1.807, 2.05) is 29.2 Å². The van der Waals surface area contributed by atoms with Crippen LogP contribution >= 0.6 is 0 Å². The van der Waals surface area contributed by atoms with Crippen molar-refractivity contribution >= 4 is 11.9 Å². The molecule has 1 fully saturated rings. The second kappa shape index (κ2) is 8.56. The SMILES string of the molecule is COc1cccc(CCC(=O)N2CCCC[C@@H]2CCC(=O)O)c1. The Balaban J connectivity index is 1.90. The summed E-state index contributed by atoms with van der Waals surface area (Å²) in [5.74, 6) is 0.134. The third-order valence-corrected chi connectivity index (χ3v) is 4.40. The first-order chi connectivity index (χ1) is 11.1. The van der Waals surface area contributed by atoms with E-state index >= 15 is 0 Å². The van der Waals surface area contributed by atoms with Gasteiger partial charge in [-0.15, -0.1) is 0 Å². The number of amides is 1. The third kappa shape index (κ3) is 5.27. The van der Waals surface area contributed by atoms with Gasteiger partial charge in [0.2, 0.25) is 5.91 Å². The monoisotopic (exact) mass is 319 g/mol. The van der Waals surface area contributed by atoms with E-state index in [9.17, 15) is 9.59 Å². The van der Waals surface area contributed by atoms with E-state index in [-0.39, 0.29) is 18.4 Å². The molecular formula is C18H25NO4. The van der Waals surface area contributed by atoms with Gasteiger partial charge in [-0.3, -0.25) is 9.59 Å². The first-order valence-electron chi connectivity index (χ1n) is 8.24. The van der Waals surface area contributed by atoms with Crippen molar-refractivity contribution in [3.05, 3.63) is 29.8 Å². The number of carbonyl (C=O) groups excluding carboxylic acids is 1. The highest BCUT2D eigenvalue weighted by Crippen LogP contribution is 2.22. The largest absolute Gasteiger partial charge is 0.497 e. The summed E-state index contributed by atoms with van der Waals surface area (Å²) < 4.78 is 5.20. The molecule has 1 saturated heterocycles. The van der Waals surface area contributed by atoms with Crippen LogP contribution in [0.1, 0.15) is 44.1 Å². The van der Waals surface area contributed by atoms with Crippen LogP contribution < -0.4 is 4.74 Å². The van der Waals surface area contributed by atoms with Crippen molar-refractivity contribution in [3.8, 4) is 5.75 Å². The van der Waals surface area contributed by atoms with Crippen molar-refractivity contribution in [2.75, 3.05) is 13.7 Å². The molecule has 0 radical (unpaired) electrons. The molecule has 0 spiro atoms. The number of methoxy groups -OCH3 is 1. The molecule has 0 aromatic heterocycles. The lowest BCUT2D eigenvalue weighted by Crippen LogP contribution is -2.44. The van der Waals surface area contributed by atoms with Crippen LogP contribution in [0.2, 0.25) is 0 Å². The zero-order valence-electron chi connectivity index (χ0n) is 13.7. The molecule has 0 aliphatic carbocycles. The average Bonchev–Trinajstić information content (AvgIpc) is 2.58. The average molecular weight is 319 g/mol. The van der Waals surface area contributed by atoms with Crippen molar-refractivity contribution in [3.63, 3.8) is 0 Å². The Kier molecular flexibility index (Phi) is 6.44. The fourth-order valence-electron chi connectivity index (χ4n) is 3.14. The van der Waals surface area contributed by atoms with Crippen LogP contribution in [0.3, 0.4) is 0 Å². The Hall–Kier alpha value is -2.04. The van der Waals surface area contributed by atoms with E-state index in [2.05, 4.69) is 0 Å². The summed E-state index contributed by atoms with van der Waals surface area (Å²) in [4.78, 5) is 25.2. The van der Waals surface area contributed by atoms with E-state index < -0.39 is 5.97 Å². The van der Waals surface area contributed by atoms with Crippen LogP contribution in [0.25, 0.3) is 0 Å². The maximum absolute atomic E-state index is 12.5. The number of carboxylic acid groups (broad SMARTS) is 1. The molecule has 23 heavy (non-hydrogen) atoms. The highest BCUT2D eigenvalue weighted by molar-refractivity contribution is 5.77. The van der Waals surface area contributed by atoms with Crippen LogP contribution in [-0.2, 0) is 16.0 Å². The summed E-state index contributed by atoms with van der Waals surface area (Å²) in [5, 5.41) is 8.86. The number of aryl methyl sites for hydroxylation is 1. The predicted molar refractivity (Wildman–Crippen MR) is 87.5 cm³/mol. The summed E-state index contributed by atoms with van der Waals surface area (Å²) in [5.41, 5.74) is 1.08. The van der Waals surface area contributed by atoms with Crippen molar-refractivity contribution in [1.29, 1.82) is 0 Å². The maximum Gasteiger partial charge on any atom is 0.303 e. The smallest absolute Gasteiger partial charge is 0.303 e. The second-order valence-electron chi connectivity index (χ2n) is 6.02. The standard InChI is InChI=1S/C18H25NO4/c1-23-16-7-4-5-14(13-16)8-10-17(20)19-12-3-2-6-15(19)9-11-18(21)22/h4-5,7,13,15H,2-3,6,8-12H2,1H3,(H,21,22)/t15-/m1/s1. The summed E-state index contributed by atoms with van der Waals surface area (Å²) in [7, 11) is 1.63. The first-order valence-corrected chi connectivity index (χ1v) is 8.24. The number of benzene rings is 1. The van der Waals surface area contributed by atoms with Gasteiger partial charge in [0.05, 0.1) is 7.11 Å². The maximum atomic E-state index is 12.5. The topological polar surface area (TPSA) is 66.8 Å². The Morgan fingerprint density at radius 1 is 1.30 bits per heavy atom. The molecule has 1 N–H and O–H groups in total. The van der Waals surface area contributed by atoms with Crippen molar-refractivity contribution in [2.45, 2.75) is 51.0 Å². The Morgan fingerprint density at radius 3 is 2.87 bits per heavy atom. The van der Waals surface area contributed by atoms with Crippen LogP contribution in [0.15, 0.2) is 24.3 Å². The van der Waals surface area contributed by atoms with Gasteiger partial charge in [-0.2, -0.15) is 0 Å². The Labute approximate surface area is 137 Å². The number of likely N-dealkylation sites (tertiary alicyclic amines) is 1. The summed E-state index contributed by atoms with van der Waals surface area (Å²) in [6.07, 6.45) is 4.82. The zero-order valence-corrected chi connectivity index (χ0v) is 13.7. The molecule has 1 aromatic rings. The molecular weight excluding hydrogens is 294 g/mol. The fourth-order valence-corrected chi connectivity index (χ4v) is 3.14. The van der Waals surface area contributed by atoms with Crippen LogP contribution in [0, 0.1) is 0 Å². The highest BCUT2D eigenvalue weighted by atomic mass is 16.5. The minimum Gasteiger partial charge on any atom is -0.497 e. The molecule has 1 amide bonds. The third-order valence-electron chi connectivity index (χ3n) is 4.40. The molecule has 0 unspecified atom stereocenters. The predicted octanol–water partition coefficient (Wildman–Crippen LogP) is 2.87. The van der Waals surface area contributed by atoms with Gasteiger partial charge in [-0.05, 0) is 49.8 Å². The molecule has 5 heteroatoms. The van der Waals surface area contributed by atoms with Gasteiger partial charge in [0, 0.05) is 25.4 Å². The minimum atomic E-state index is -0.792. The quantitative estimate of drug-likeness (QED) is 0.839.